The lowest BCUT2D eigenvalue weighted by Crippen LogP contribution is -2.42. The highest BCUT2D eigenvalue weighted by molar-refractivity contribution is 6.62. The van der Waals surface area contributed by atoms with Crippen molar-refractivity contribution in [3.63, 3.8) is 0 Å². The van der Waals surface area contributed by atoms with Gasteiger partial charge in [0.25, 0.3) is 0 Å². The Morgan fingerprint density at radius 3 is 2.48 bits per heavy atom. The molecule has 3 rings (SSSR count). The first-order valence-corrected chi connectivity index (χ1v) is 7.62. The van der Waals surface area contributed by atoms with E-state index in [4.69, 9.17) is 14.0 Å². The summed E-state index contributed by atoms with van der Waals surface area (Å²) in [5.74, 6) is 0.330. The monoisotopic (exact) mass is 320 g/mol. The van der Waals surface area contributed by atoms with E-state index in [9.17, 15) is 9.90 Å². The summed E-state index contributed by atoms with van der Waals surface area (Å²) in [6, 6.07) is 0. The molecule has 1 aromatic heterocycles. The number of carboxylic acid groups (broad SMARTS) is 1. The van der Waals surface area contributed by atoms with Gasteiger partial charge in [-0.1, -0.05) is 0 Å². The van der Waals surface area contributed by atoms with Crippen LogP contribution in [0.3, 0.4) is 0 Å². The molecule has 7 nitrogen and oxygen atoms in total. The molecular weight excluding hydrogens is 299 g/mol. The Labute approximate surface area is 135 Å². The summed E-state index contributed by atoms with van der Waals surface area (Å²) < 4.78 is 17.6. The van der Waals surface area contributed by atoms with Crippen LogP contribution in [0.5, 0.6) is 5.88 Å². The number of rotatable bonds is 1. The third-order valence-electron chi connectivity index (χ3n) is 4.87. The number of carbonyl (C=O) groups is 1. The molecule has 0 saturated carbocycles. The van der Waals surface area contributed by atoms with Gasteiger partial charge >= 0.3 is 13.2 Å². The molecule has 0 radical (unpaired) electrons. The maximum Gasteiger partial charge on any atom is 0.496 e. The summed E-state index contributed by atoms with van der Waals surface area (Å²) in [6.07, 6.45) is 0.618. The smallest absolute Gasteiger partial charge is 0.474 e. The van der Waals surface area contributed by atoms with Gasteiger partial charge in [0.05, 0.1) is 17.7 Å². The minimum atomic E-state index is -1.02. The van der Waals surface area contributed by atoms with Gasteiger partial charge in [0.1, 0.15) is 12.3 Å². The molecule has 124 valence electrons. The number of ether oxygens (including phenoxy) is 1. The first kappa shape index (κ1) is 16.1. The lowest BCUT2D eigenvalue weighted by molar-refractivity contribution is 0.00578. The minimum absolute atomic E-state index is 0.275. The van der Waals surface area contributed by atoms with Crippen LogP contribution in [-0.4, -0.2) is 47.7 Å². The van der Waals surface area contributed by atoms with Gasteiger partial charge in [0, 0.05) is 11.7 Å². The van der Waals surface area contributed by atoms with E-state index in [-0.39, 0.29) is 6.54 Å². The van der Waals surface area contributed by atoms with Crippen molar-refractivity contribution < 1.29 is 23.9 Å². The molecule has 0 aromatic carbocycles. The predicted octanol–water partition coefficient (Wildman–Crippen LogP) is 1.57. The Kier molecular flexibility index (Phi) is 3.57. The second-order valence-electron chi connectivity index (χ2n) is 6.86. The van der Waals surface area contributed by atoms with Crippen LogP contribution in [0.2, 0.25) is 0 Å². The van der Waals surface area contributed by atoms with Crippen LogP contribution in [0.25, 0.3) is 0 Å². The Bertz CT molecular complexity index is 646. The van der Waals surface area contributed by atoms with Crippen LogP contribution in [0, 0.1) is 6.92 Å². The fourth-order valence-electron chi connectivity index (χ4n) is 2.75. The molecule has 0 spiro atoms. The Balaban J connectivity index is 2.03. The van der Waals surface area contributed by atoms with Gasteiger partial charge in [-0.05, 0) is 40.2 Å². The first-order valence-electron chi connectivity index (χ1n) is 7.62. The van der Waals surface area contributed by atoms with E-state index in [2.05, 4.69) is 4.98 Å². The van der Waals surface area contributed by atoms with Crippen molar-refractivity contribution >= 4 is 24.4 Å². The second kappa shape index (κ2) is 5.11. The molecule has 2 aliphatic heterocycles. The molecule has 1 fully saturated rings. The summed E-state index contributed by atoms with van der Waals surface area (Å²) in [7, 11) is -0.588. The molecule has 23 heavy (non-hydrogen) atoms. The zero-order valence-corrected chi connectivity index (χ0v) is 14.0. The Morgan fingerprint density at radius 1 is 1.30 bits per heavy atom. The fourth-order valence-corrected chi connectivity index (χ4v) is 2.75. The van der Waals surface area contributed by atoms with Crippen molar-refractivity contribution in [2.45, 2.75) is 45.8 Å². The predicted molar refractivity (Wildman–Crippen MR) is 85.6 cm³/mol. The number of nitrogens with zero attached hydrogens (tertiary/aromatic N) is 2. The number of pyridine rings is 1. The van der Waals surface area contributed by atoms with E-state index < -0.39 is 24.4 Å². The molecule has 1 amide bonds. The quantitative estimate of drug-likeness (QED) is 0.791. The van der Waals surface area contributed by atoms with Crippen molar-refractivity contribution in [2.24, 2.45) is 0 Å². The zero-order chi connectivity index (χ0) is 17.0. The molecule has 0 aliphatic carbocycles. The SMILES string of the molecule is Cc1c(B2OC(C)(C)C(C)(C)O2)cnc2c1N(C(=O)O)CCO2. The lowest BCUT2D eigenvalue weighted by atomic mass is 9.77. The molecule has 0 atom stereocenters. The molecule has 0 bridgehead atoms. The largest absolute Gasteiger partial charge is 0.496 e. The normalized spacial score (nSPS) is 21.8. The second-order valence-corrected chi connectivity index (χ2v) is 6.86. The minimum Gasteiger partial charge on any atom is -0.474 e. The highest BCUT2D eigenvalue weighted by Crippen LogP contribution is 2.38. The van der Waals surface area contributed by atoms with Gasteiger partial charge in [-0.3, -0.25) is 4.90 Å². The molecular formula is C15H21BN2O5. The highest BCUT2D eigenvalue weighted by atomic mass is 16.7. The van der Waals surface area contributed by atoms with Crippen molar-refractivity contribution in [3.05, 3.63) is 11.8 Å². The molecule has 8 heteroatoms. The molecule has 1 saturated heterocycles. The first-order chi connectivity index (χ1) is 10.6. The summed E-state index contributed by atoms with van der Waals surface area (Å²) in [6.45, 7) is 10.3. The molecule has 0 unspecified atom stereocenters. The van der Waals surface area contributed by atoms with E-state index in [1.165, 1.54) is 4.90 Å². The number of fused-ring (bicyclic) bond motifs is 1. The van der Waals surface area contributed by atoms with Gasteiger partial charge < -0.3 is 19.2 Å². The topological polar surface area (TPSA) is 81.1 Å². The maximum absolute atomic E-state index is 11.5. The average molecular weight is 320 g/mol. The highest BCUT2D eigenvalue weighted by Gasteiger charge is 2.52. The van der Waals surface area contributed by atoms with E-state index in [0.717, 1.165) is 11.0 Å². The summed E-state index contributed by atoms with van der Waals surface area (Å²) >= 11 is 0. The maximum atomic E-state index is 11.5. The summed E-state index contributed by atoms with van der Waals surface area (Å²) in [4.78, 5) is 17.0. The van der Waals surface area contributed by atoms with Crippen LogP contribution in [0.15, 0.2) is 6.20 Å². The van der Waals surface area contributed by atoms with Crippen LogP contribution < -0.4 is 15.1 Å². The van der Waals surface area contributed by atoms with E-state index in [1.54, 1.807) is 6.20 Å². The number of anilines is 1. The number of aromatic nitrogens is 1. The third kappa shape index (κ3) is 2.46. The van der Waals surface area contributed by atoms with Crippen LogP contribution in [0.1, 0.15) is 33.3 Å². The average Bonchev–Trinajstić information content (AvgIpc) is 2.66. The van der Waals surface area contributed by atoms with Crippen molar-refractivity contribution in [3.8, 4) is 5.88 Å². The number of amides is 1. The molecule has 1 aromatic rings. The summed E-state index contributed by atoms with van der Waals surface area (Å²) in [5.41, 5.74) is 0.997. The zero-order valence-electron chi connectivity index (χ0n) is 14.0. The lowest BCUT2D eigenvalue weighted by Gasteiger charge is -2.32. The van der Waals surface area contributed by atoms with E-state index >= 15 is 0 Å². The van der Waals surface area contributed by atoms with Crippen LogP contribution in [0.4, 0.5) is 10.5 Å². The van der Waals surface area contributed by atoms with Crippen LogP contribution in [-0.2, 0) is 9.31 Å². The molecule has 3 heterocycles. The number of hydrogen-bond acceptors (Lipinski definition) is 5. The van der Waals surface area contributed by atoms with Crippen molar-refractivity contribution in [1.29, 1.82) is 0 Å². The molecule has 1 N–H and O–H groups in total. The Hall–Kier alpha value is -1.80. The van der Waals surface area contributed by atoms with Gasteiger partial charge in [-0.2, -0.15) is 0 Å². The van der Waals surface area contributed by atoms with Crippen molar-refractivity contribution in [1.82, 2.24) is 4.98 Å². The van der Waals surface area contributed by atoms with Crippen LogP contribution >= 0.6 is 0 Å². The van der Waals surface area contributed by atoms with Gasteiger partial charge in [-0.25, -0.2) is 9.78 Å². The van der Waals surface area contributed by atoms with E-state index in [0.29, 0.717) is 18.2 Å². The standard InChI is InChI=1S/C15H21BN2O5/c1-9-10(16-22-14(2,3)15(4,5)23-16)8-17-12-11(9)18(13(19)20)6-7-21-12/h8H,6-7H2,1-5H3,(H,19,20). The summed E-state index contributed by atoms with van der Waals surface area (Å²) in [5, 5.41) is 9.41. The van der Waals surface area contributed by atoms with Gasteiger partial charge in [0.15, 0.2) is 0 Å². The Morgan fingerprint density at radius 2 is 1.91 bits per heavy atom. The fraction of sp³-hybridized carbons (Fsp3) is 0.600. The molecule has 2 aliphatic rings. The van der Waals surface area contributed by atoms with Crippen molar-refractivity contribution in [2.75, 3.05) is 18.1 Å². The van der Waals surface area contributed by atoms with E-state index in [1.807, 2.05) is 34.6 Å². The van der Waals surface area contributed by atoms with Gasteiger partial charge in [-0.15, -0.1) is 0 Å². The third-order valence-corrected chi connectivity index (χ3v) is 4.87. The number of hydrogen-bond donors (Lipinski definition) is 1. The van der Waals surface area contributed by atoms with Gasteiger partial charge in [0.2, 0.25) is 5.88 Å².